The Morgan fingerprint density at radius 2 is 2.04 bits per heavy atom. The first kappa shape index (κ1) is 13.5. The fourth-order valence-electron chi connectivity index (χ4n) is 4.48. The molecule has 1 unspecified atom stereocenters. The van der Waals surface area contributed by atoms with Crippen LogP contribution >= 0.6 is 0 Å². The summed E-state index contributed by atoms with van der Waals surface area (Å²) < 4.78 is 21.0. The number of halogens is 1. The zero-order valence-electron chi connectivity index (χ0n) is 13.2. The van der Waals surface area contributed by atoms with Crippen LogP contribution in [0, 0.1) is 11.2 Å². The van der Waals surface area contributed by atoms with Crippen molar-refractivity contribution in [2.24, 2.45) is 5.41 Å². The van der Waals surface area contributed by atoms with Crippen LogP contribution in [-0.2, 0) is 11.2 Å². The van der Waals surface area contributed by atoms with Gasteiger partial charge in [0.25, 0.3) is 0 Å². The quantitative estimate of drug-likeness (QED) is 0.748. The van der Waals surface area contributed by atoms with Crippen molar-refractivity contribution in [2.75, 3.05) is 6.61 Å². The molecule has 3 nitrogen and oxygen atoms in total. The number of rotatable bonds is 1. The van der Waals surface area contributed by atoms with Gasteiger partial charge in [-0.3, -0.25) is 0 Å². The van der Waals surface area contributed by atoms with Crippen LogP contribution in [0.3, 0.4) is 0 Å². The lowest BCUT2D eigenvalue weighted by molar-refractivity contribution is 0.116. The maximum absolute atomic E-state index is 13.2. The summed E-state index contributed by atoms with van der Waals surface area (Å²) in [6.07, 6.45) is 8.74. The van der Waals surface area contributed by atoms with E-state index in [1.807, 2.05) is 10.9 Å². The third-order valence-electron chi connectivity index (χ3n) is 6.05. The summed E-state index contributed by atoms with van der Waals surface area (Å²) in [6, 6.07) is 6.52. The van der Waals surface area contributed by atoms with E-state index < -0.39 is 0 Å². The lowest BCUT2D eigenvalue weighted by Crippen LogP contribution is -2.44. The Bertz CT molecular complexity index is 816. The number of ether oxygens (including phenoxy) is 1. The second-order valence-corrected chi connectivity index (χ2v) is 7.26. The Labute approximate surface area is 134 Å². The minimum atomic E-state index is -0.221. The molecule has 1 saturated carbocycles. The molecule has 2 aliphatic carbocycles. The number of epoxide rings is 1. The molecule has 2 heterocycles. The summed E-state index contributed by atoms with van der Waals surface area (Å²) in [6.45, 7) is 3.24. The first-order valence-corrected chi connectivity index (χ1v) is 8.29. The fourth-order valence-corrected chi connectivity index (χ4v) is 4.48. The van der Waals surface area contributed by atoms with E-state index in [-0.39, 0.29) is 16.8 Å². The van der Waals surface area contributed by atoms with Gasteiger partial charge in [-0.05, 0) is 61.6 Å². The van der Waals surface area contributed by atoms with Gasteiger partial charge in [0.2, 0.25) is 0 Å². The molecule has 0 N–H and O–H groups in total. The third kappa shape index (κ3) is 1.75. The van der Waals surface area contributed by atoms with Crippen molar-refractivity contribution in [3.63, 3.8) is 0 Å². The molecule has 1 aromatic heterocycles. The zero-order valence-corrected chi connectivity index (χ0v) is 13.2. The molecule has 1 saturated heterocycles. The van der Waals surface area contributed by atoms with Gasteiger partial charge in [-0.2, -0.15) is 5.10 Å². The Morgan fingerprint density at radius 3 is 2.78 bits per heavy atom. The van der Waals surface area contributed by atoms with E-state index in [1.54, 1.807) is 12.1 Å². The van der Waals surface area contributed by atoms with Gasteiger partial charge < -0.3 is 4.74 Å². The molecule has 4 heteroatoms. The monoisotopic (exact) mass is 310 g/mol. The van der Waals surface area contributed by atoms with Crippen molar-refractivity contribution in [2.45, 2.75) is 38.2 Å². The number of fused-ring (bicyclic) bond motifs is 3. The highest BCUT2D eigenvalue weighted by molar-refractivity contribution is 5.62. The summed E-state index contributed by atoms with van der Waals surface area (Å²) in [5.41, 5.74) is 4.96. The number of hydrogen-bond donors (Lipinski definition) is 0. The number of hydrogen-bond acceptors (Lipinski definition) is 2. The van der Waals surface area contributed by atoms with Crippen molar-refractivity contribution >= 4 is 6.08 Å². The average molecular weight is 310 g/mol. The van der Waals surface area contributed by atoms with Gasteiger partial charge in [0, 0.05) is 5.41 Å². The van der Waals surface area contributed by atoms with Gasteiger partial charge in [-0.1, -0.05) is 12.5 Å². The van der Waals surface area contributed by atoms with Crippen molar-refractivity contribution in [1.82, 2.24) is 9.78 Å². The Kier molecular flexibility index (Phi) is 2.54. The van der Waals surface area contributed by atoms with E-state index in [2.05, 4.69) is 18.1 Å². The second kappa shape index (κ2) is 4.32. The normalized spacial score (nSPS) is 31.5. The molecule has 118 valence electrons. The van der Waals surface area contributed by atoms with E-state index in [4.69, 9.17) is 4.74 Å². The van der Waals surface area contributed by atoms with Crippen molar-refractivity contribution in [3.05, 3.63) is 53.1 Å². The van der Waals surface area contributed by atoms with Gasteiger partial charge in [0.15, 0.2) is 0 Å². The first-order chi connectivity index (χ1) is 11.1. The summed E-state index contributed by atoms with van der Waals surface area (Å²) in [4.78, 5) is 0. The van der Waals surface area contributed by atoms with Crippen LogP contribution in [-0.4, -0.2) is 22.0 Å². The van der Waals surface area contributed by atoms with E-state index >= 15 is 0 Å². The molecule has 3 aliphatic rings. The number of nitrogens with zero attached hydrogens (tertiary/aromatic N) is 2. The van der Waals surface area contributed by atoms with E-state index in [0.29, 0.717) is 0 Å². The highest BCUT2D eigenvalue weighted by atomic mass is 19.1. The van der Waals surface area contributed by atoms with Crippen LogP contribution in [0.2, 0.25) is 0 Å². The van der Waals surface area contributed by atoms with Crippen LogP contribution in [0.15, 0.2) is 36.0 Å². The average Bonchev–Trinajstić information content (AvgIpc) is 3.22. The SMILES string of the molecule is C[C@@]12Cc3cnn(-c4ccc(F)cc4)c3C=C1CCCC21CO1. The van der Waals surface area contributed by atoms with Crippen molar-refractivity contribution in [1.29, 1.82) is 0 Å². The smallest absolute Gasteiger partial charge is 0.123 e. The Morgan fingerprint density at radius 1 is 1.26 bits per heavy atom. The third-order valence-corrected chi connectivity index (χ3v) is 6.05. The van der Waals surface area contributed by atoms with Gasteiger partial charge in [-0.15, -0.1) is 0 Å². The number of aromatic nitrogens is 2. The van der Waals surface area contributed by atoms with Crippen LogP contribution in [0.5, 0.6) is 0 Å². The topological polar surface area (TPSA) is 30.4 Å². The van der Waals surface area contributed by atoms with E-state index in [9.17, 15) is 4.39 Å². The maximum Gasteiger partial charge on any atom is 0.123 e. The van der Waals surface area contributed by atoms with Gasteiger partial charge >= 0.3 is 0 Å². The Hall–Kier alpha value is -1.94. The lowest BCUT2D eigenvalue weighted by Gasteiger charge is -2.44. The molecule has 1 aliphatic heterocycles. The molecule has 1 spiro atoms. The van der Waals surface area contributed by atoms with Crippen LogP contribution < -0.4 is 0 Å². The standard InChI is InChI=1S/C19H19FN2O/c1-18-10-13-11-21-22(16-6-4-15(20)5-7-16)17(13)9-14(18)3-2-8-19(18)12-23-19/h4-7,9,11H,2-3,8,10,12H2,1H3/t18-,19?/m1/s1. The fraction of sp³-hybridized carbons (Fsp3) is 0.421. The summed E-state index contributed by atoms with van der Waals surface area (Å²) in [5.74, 6) is -0.221. The molecule has 0 radical (unpaired) electrons. The molecule has 1 aromatic carbocycles. The van der Waals surface area contributed by atoms with Crippen molar-refractivity contribution < 1.29 is 9.13 Å². The molecule has 2 atom stereocenters. The molecule has 5 rings (SSSR count). The van der Waals surface area contributed by atoms with Gasteiger partial charge in [-0.25, -0.2) is 9.07 Å². The van der Waals surface area contributed by atoms with Crippen LogP contribution in [0.1, 0.15) is 37.4 Å². The molecule has 2 fully saturated rings. The highest BCUT2D eigenvalue weighted by Crippen LogP contribution is 2.60. The lowest BCUT2D eigenvalue weighted by atomic mass is 9.59. The Balaban J connectivity index is 1.62. The van der Waals surface area contributed by atoms with E-state index in [0.717, 1.165) is 30.8 Å². The minimum absolute atomic E-state index is 0.0623. The molecule has 2 aromatic rings. The molecular formula is C19H19FN2O. The minimum Gasteiger partial charge on any atom is -0.369 e. The largest absolute Gasteiger partial charge is 0.369 e. The molecular weight excluding hydrogens is 291 g/mol. The summed E-state index contributed by atoms with van der Waals surface area (Å²) in [5, 5.41) is 4.56. The molecule has 0 amide bonds. The highest BCUT2D eigenvalue weighted by Gasteiger charge is 2.62. The predicted octanol–water partition coefficient (Wildman–Crippen LogP) is 3.91. The summed E-state index contributed by atoms with van der Waals surface area (Å²) >= 11 is 0. The number of benzene rings is 1. The van der Waals surface area contributed by atoms with Gasteiger partial charge in [0.05, 0.1) is 24.2 Å². The maximum atomic E-state index is 13.2. The molecule has 0 bridgehead atoms. The van der Waals surface area contributed by atoms with Gasteiger partial charge in [0.1, 0.15) is 11.4 Å². The predicted molar refractivity (Wildman–Crippen MR) is 85.8 cm³/mol. The zero-order chi connectivity index (χ0) is 15.7. The summed E-state index contributed by atoms with van der Waals surface area (Å²) in [7, 11) is 0. The second-order valence-electron chi connectivity index (χ2n) is 7.26. The molecule has 23 heavy (non-hydrogen) atoms. The first-order valence-electron chi connectivity index (χ1n) is 8.29. The van der Waals surface area contributed by atoms with Crippen LogP contribution in [0.4, 0.5) is 4.39 Å². The van der Waals surface area contributed by atoms with Crippen molar-refractivity contribution in [3.8, 4) is 5.69 Å². The van der Waals surface area contributed by atoms with Crippen LogP contribution in [0.25, 0.3) is 11.8 Å². The van der Waals surface area contributed by atoms with E-state index in [1.165, 1.54) is 36.1 Å².